The zero-order valence-electron chi connectivity index (χ0n) is 12.3. The van der Waals surface area contributed by atoms with E-state index in [2.05, 4.69) is 43.4 Å². The zero-order chi connectivity index (χ0) is 14.6. The molecule has 1 saturated carbocycles. The standard InChI is InChI=1S/C19H17NO/c1-11-4-3-5-13(12(11)2)10-20-19(21)16-7-6-15-17-8-14(17)9-18(15)16/h3-7,9H,8,10H2,1-2H3,(H,20,21). The Bertz CT molecular complexity index is 803. The summed E-state index contributed by atoms with van der Waals surface area (Å²) in [6, 6.07) is 6.21. The molecular weight excluding hydrogens is 258 g/mol. The highest BCUT2D eigenvalue weighted by Crippen LogP contribution is 2.51. The van der Waals surface area contributed by atoms with Crippen molar-refractivity contribution in [2.24, 2.45) is 0 Å². The van der Waals surface area contributed by atoms with Crippen molar-refractivity contribution in [3.8, 4) is 0 Å². The van der Waals surface area contributed by atoms with Gasteiger partial charge in [-0.15, -0.1) is 0 Å². The highest BCUT2D eigenvalue weighted by Gasteiger charge is 2.35. The molecule has 104 valence electrons. The first-order valence-electron chi connectivity index (χ1n) is 7.35. The number of carbonyl (C=O) groups excluding carboxylic acids is 1. The first-order chi connectivity index (χ1) is 10.1. The molecule has 21 heavy (non-hydrogen) atoms. The molecule has 1 amide bonds. The van der Waals surface area contributed by atoms with Crippen LogP contribution in [0.2, 0.25) is 0 Å². The summed E-state index contributed by atoms with van der Waals surface area (Å²) in [4.78, 5) is 12.4. The lowest BCUT2D eigenvalue weighted by atomic mass is 10.0. The maximum absolute atomic E-state index is 12.4. The molecule has 1 fully saturated rings. The first-order valence-corrected chi connectivity index (χ1v) is 7.35. The molecule has 0 spiro atoms. The monoisotopic (exact) mass is 275 g/mol. The Hall–Kier alpha value is -2.35. The fourth-order valence-electron chi connectivity index (χ4n) is 3.11. The van der Waals surface area contributed by atoms with E-state index in [1.165, 1.54) is 33.4 Å². The van der Waals surface area contributed by atoms with Crippen LogP contribution in [0.3, 0.4) is 0 Å². The van der Waals surface area contributed by atoms with E-state index in [4.69, 9.17) is 0 Å². The normalized spacial score (nSPS) is 17.9. The third kappa shape index (κ3) is 1.90. The molecule has 3 aliphatic rings. The number of nitrogens with one attached hydrogen (secondary N) is 1. The number of aryl methyl sites for hydroxylation is 1. The molecule has 1 N–H and O–H groups in total. The second kappa shape index (κ2) is 4.32. The Morgan fingerprint density at radius 2 is 2.05 bits per heavy atom. The van der Waals surface area contributed by atoms with Gasteiger partial charge in [-0.3, -0.25) is 4.79 Å². The van der Waals surface area contributed by atoms with E-state index in [1.54, 1.807) is 0 Å². The highest BCUT2D eigenvalue weighted by atomic mass is 16.1. The van der Waals surface area contributed by atoms with E-state index in [0.717, 1.165) is 17.6 Å². The summed E-state index contributed by atoms with van der Waals surface area (Å²) in [5, 5.41) is 3.05. The molecule has 0 radical (unpaired) electrons. The number of fused-ring (bicyclic) bond motifs is 2. The van der Waals surface area contributed by atoms with Crippen LogP contribution in [0.15, 0.2) is 64.3 Å². The lowest BCUT2D eigenvalue weighted by Gasteiger charge is -2.10. The zero-order valence-corrected chi connectivity index (χ0v) is 12.3. The molecule has 1 aromatic rings. The second-order valence-electron chi connectivity index (χ2n) is 5.94. The summed E-state index contributed by atoms with van der Waals surface area (Å²) < 4.78 is 0. The Kier molecular flexibility index (Phi) is 2.55. The number of rotatable bonds is 3. The van der Waals surface area contributed by atoms with Gasteiger partial charge in [-0.1, -0.05) is 24.3 Å². The van der Waals surface area contributed by atoms with Crippen LogP contribution in [0.1, 0.15) is 23.1 Å². The number of hydrogen-bond acceptors (Lipinski definition) is 1. The number of hydrogen-bond donors (Lipinski definition) is 1. The van der Waals surface area contributed by atoms with Gasteiger partial charge in [-0.25, -0.2) is 0 Å². The van der Waals surface area contributed by atoms with Crippen LogP contribution in [0, 0.1) is 13.8 Å². The third-order valence-electron chi connectivity index (χ3n) is 4.67. The van der Waals surface area contributed by atoms with Crippen LogP contribution in [0.4, 0.5) is 0 Å². The Morgan fingerprint density at radius 1 is 1.19 bits per heavy atom. The summed E-state index contributed by atoms with van der Waals surface area (Å²) >= 11 is 0. The lowest BCUT2D eigenvalue weighted by molar-refractivity contribution is -0.117. The minimum Gasteiger partial charge on any atom is -0.348 e. The van der Waals surface area contributed by atoms with E-state index in [-0.39, 0.29) is 5.91 Å². The van der Waals surface area contributed by atoms with E-state index in [0.29, 0.717) is 6.54 Å². The number of carbonyl (C=O) groups is 1. The molecule has 0 atom stereocenters. The number of benzene rings is 1. The molecule has 0 heterocycles. The maximum atomic E-state index is 12.4. The van der Waals surface area contributed by atoms with Crippen LogP contribution < -0.4 is 5.32 Å². The third-order valence-corrected chi connectivity index (χ3v) is 4.67. The van der Waals surface area contributed by atoms with Crippen molar-refractivity contribution in [2.75, 3.05) is 0 Å². The van der Waals surface area contributed by atoms with E-state index in [9.17, 15) is 4.79 Å². The molecule has 4 rings (SSSR count). The van der Waals surface area contributed by atoms with Crippen LogP contribution in [-0.2, 0) is 11.3 Å². The fourth-order valence-corrected chi connectivity index (χ4v) is 3.11. The van der Waals surface area contributed by atoms with Gasteiger partial charge in [0.05, 0.1) is 0 Å². The average molecular weight is 275 g/mol. The minimum atomic E-state index is 0.0240. The number of amides is 1. The molecule has 3 aliphatic carbocycles. The van der Waals surface area contributed by atoms with Crippen LogP contribution in [0.25, 0.3) is 0 Å². The van der Waals surface area contributed by atoms with Gasteiger partial charge in [0.1, 0.15) is 0 Å². The quantitative estimate of drug-likeness (QED) is 0.899. The molecule has 0 aromatic heterocycles. The summed E-state index contributed by atoms with van der Waals surface area (Å²) in [5.41, 5.74) is 9.72. The maximum Gasteiger partial charge on any atom is 0.252 e. The molecular formula is C19H17NO. The van der Waals surface area contributed by atoms with Gasteiger partial charge in [0.25, 0.3) is 5.91 Å². The second-order valence-corrected chi connectivity index (χ2v) is 5.94. The molecule has 0 aliphatic heterocycles. The summed E-state index contributed by atoms with van der Waals surface area (Å²) in [6.45, 7) is 4.78. The Morgan fingerprint density at radius 3 is 2.90 bits per heavy atom. The average Bonchev–Trinajstić information content (AvgIpc) is 2.95. The molecule has 2 heteroatoms. The van der Waals surface area contributed by atoms with Crippen molar-refractivity contribution in [3.05, 3.63) is 81.0 Å². The molecule has 0 bridgehead atoms. The number of allylic oxidation sites excluding steroid dienone is 6. The van der Waals surface area contributed by atoms with Crippen LogP contribution in [-0.4, -0.2) is 5.91 Å². The molecule has 0 saturated heterocycles. The molecule has 2 nitrogen and oxygen atoms in total. The van der Waals surface area contributed by atoms with Gasteiger partial charge in [0, 0.05) is 12.1 Å². The topological polar surface area (TPSA) is 29.1 Å². The van der Waals surface area contributed by atoms with E-state index in [1.807, 2.05) is 12.1 Å². The predicted molar refractivity (Wildman–Crippen MR) is 83.7 cm³/mol. The van der Waals surface area contributed by atoms with Gasteiger partial charge in [-0.05, 0) is 71.4 Å². The van der Waals surface area contributed by atoms with Crippen LogP contribution in [0.5, 0.6) is 0 Å². The molecule has 1 aromatic carbocycles. The summed E-state index contributed by atoms with van der Waals surface area (Å²) in [7, 11) is 0. The Balaban J connectivity index is 1.52. The SMILES string of the molecule is Cc1cccc(CNC(=O)C2=C3C=C4CC4=C3C=C2)c1C. The summed E-state index contributed by atoms with van der Waals surface area (Å²) in [5.74, 6) is 0.0240. The van der Waals surface area contributed by atoms with Crippen molar-refractivity contribution in [1.29, 1.82) is 0 Å². The van der Waals surface area contributed by atoms with Gasteiger partial charge < -0.3 is 5.32 Å². The largest absolute Gasteiger partial charge is 0.348 e. The highest BCUT2D eigenvalue weighted by molar-refractivity contribution is 6.01. The first kappa shape index (κ1) is 12.4. The van der Waals surface area contributed by atoms with Gasteiger partial charge in [0.2, 0.25) is 0 Å². The van der Waals surface area contributed by atoms with Gasteiger partial charge in [0.15, 0.2) is 0 Å². The van der Waals surface area contributed by atoms with Gasteiger partial charge in [-0.2, -0.15) is 0 Å². The van der Waals surface area contributed by atoms with Crippen molar-refractivity contribution in [2.45, 2.75) is 26.8 Å². The van der Waals surface area contributed by atoms with Crippen molar-refractivity contribution < 1.29 is 4.79 Å². The smallest absolute Gasteiger partial charge is 0.252 e. The minimum absolute atomic E-state index is 0.0240. The van der Waals surface area contributed by atoms with E-state index < -0.39 is 0 Å². The predicted octanol–water partition coefficient (Wildman–Crippen LogP) is 3.43. The van der Waals surface area contributed by atoms with Crippen molar-refractivity contribution in [3.63, 3.8) is 0 Å². The van der Waals surface area contributed by atoms with E-state index >= 15 is 0 Å². The molecule has 0 unspecified atom stereocenters. The van der Waals surface area contributed by atoms with Gasteiger partial charge >= 0.3 is 0 Å². The van der Waals surface area contributed by atoms with Crippen molar-refractivity contribution >= 4 is 5.91 Å². The van der Waals surface area contributed by atoms with Crippen LogP contribution >= 0.6 is 0 Å². The lowest BCUT2D eigenvalue weighted by Crippen LogP contribution is -2.24. The van der Waals surface area contributed by atoms with Crippen molar-refractivity contribution in [1.82, 2.24) is 5.32 Å². The fraction of sp³-hybridized carbons (Fsp3) is 0.211. The Labute approximate surface area is 124 Å². The summed E-state index contributed by atoms with van der Waals surface area (Å²) in [6.07, 6.45) is 7.30.